The molecule has 0 rings (SSSR count). The van der Waals surface area contributed by atoms with Crippen molar-refractivity contribution in [3.05, 3.63) is 0 Å². The number of hydrogen-bond donors (Lipinski definition) is 3. The molecule has 15 heavy (non-hydrogen) atoms. The first kappa shape index (κ1) is 14.7. The summed E-state index contributed by atoms with van der Waals surface area (Å²) in [4.78, 5) is 11.6. The number of aliphatic hydroxyl groups is 1. The molecule has 4 atom stereocenters. The van der Waals surface area contributed by atoms with Gasteiger partial charge in [-0.3, -0.25) is 4.79 Å². The summed E-state index contributed by atoms with van der Waals surface area (Å²) in [6.07, 6.45) is 1.92. The third-order valence-corrected chi connectivity index (χ3v) is 3.78. The number of aliphatic hydroxyl groups excluding tert-OH is 1. The number of carbonyl (C=O) groups is 1. The third kappa shape index (κ3) is 4.86. The molecule has 4 unspecified atom stereocenters. The Kier molecular flexibility index (Phi) is 6.96. The van der Waals surface area contributed by atoms with Crippen molar-refractivity contribution in [3.63, 3.8) is 0 Å². The number of nitrogens with two attached hydrogens (primary N) is 1. The van der Waals surface area contributed by atoms with Gasteiger partial charge in [-0.2, -0.15) is 11.8 Å². The summed E-state index contributed by atoms with van der Waals surface area (Å²) >= 11 is 1.54. The quantitative estimate of drug-likeness (QED) is 0.613. The molecule has 0 aromatic heterocycles. The van der Waals surface area contributed by atoms with Crippen molar-refractivity contribution in [1.82, 2.24) is 5.32 Å². The van der Waals surface area contributed by atoms with Crippen molar-refractivity contribution in [3.8, 4) is 0 Å². The number of amides is 1. The van der Waals surface area contributed by atoms with E-state index in [2.05, 4.69) is 5.32 Å². The largest absolute Gasteiger partial charge is 0.395 e. The van der Waals surface area contributed by atoms with Crippen LogP contribution in [0.5, 0.6) is 0 Å². The number of thioether (sulfide) groups is 1. The lowest BCUT2D eigenvalue weighted by molar-refractivity contribution is -0.125. The Morgan fingerprint density at radius 2 is 2.00 bits per heavy atom. The highest BCUT2D eigenvalue weighted by molar-refractivity contribution is 7.99. The van der Waals surface area contributed by atoms with Gasteiger partial charge in [0.1, 0.15) is 0 Å². The van der Waals surface area contributed by atoms with Crippen molar-refractivity contribution in [2.45, 2.75) is 38.1 Å². The Bertz CT molecular complexity index is 196. The van der Waals surface area contributed by atoms with Crippen molar-refractivity contribution >= 4 is 17.7 Å². The molecule has 1 amide bonds. The summed E-state index contributed by atoms with van der Waals surface area (Å²) in [6.45, 7) is 5.57. The van der Waals surface area contributed by atoms with Crippen LogP contribution in [0.15, 0.2) is 0 Å². The van der Waals surface area contributed by atoms with Gasteiger partial charge < -0.3 is 16.2 Å². The lowest BCUT2D eigenvalue weighted by Gasteiger charge is -2.24. The Hall–Kier alpha value is -0.260. The first-order chi connectivity index (χ1) is 6.93. The zero-order valence-corrected chi connectivity index (χ0v) is 10.7. The summed E-state index contributed by atoms with van der Waals surface area (Å²) in [5.41, 5.74) is 5.64. The Balaban J connectivity index is 4.16. The fourth-order valence-corrected chi connectivity index (χ4v) is 1.75. The van der Waals surface area contributed by atoms with Crippen molar-refractivity contribution < 1.29 is 9.90 Å². The van der Waals surface area contributed by atoms with Gasteiger partial charge in [-0.05, 0) is 20.1 Å². The zero-order valence-electron chi connectivity index (χ0n) is 9.86. The Morgan fingerprint density at radius 3 is 2.33 bits per heavy atom. The lowest BCUT2D eigenvalue weighted by Crippen LogP contribution is -2.46. The summed E-state index contributed by atoms with van der Waals surface area (Å²) in [5.74, 6) is -0.251. The first-order valence-corrected chi connectivity index (χ1v) is 6.42. The highest BCUT2D eigenvalue weighted by Crippen LogP contribution is 2.11. The number of hydrogen-bond acceptors (Lipinski definition) is 4. The van der Waals surface area contributed by atoms with E-state index in [4.69, 9.17) is 10.8 Å². The molecule has 0 aromatic carbocycles. The summed E-state index contributed by atoms with van der Waals surface area (Å²) in [5, 5.41) is 12.0. The number of rotatable bonds is 6. The molecule has 5 heteroatoms. The predicted octanol–water partition coefficient (Wildman–Crippen LogP) is 0.198. The molecule has 4 nitrogen and oxygen atoms in total. The Labute approximate surface area is 96.0 Å². The van der Waals surface area contributed by atoms with E-state index in [0.29, 0.717) is 0 Å². The highest BCUT2D eigenvalue weighted by Gasteiger charge is 2.22. The second-order valence-corrected chi connectivity index (χ2v) is 4.98. The van der Waals surface area contributed by atoms with Gasteiger partial charge in [0.25, 0.3) is 0 Å². The van der Waals surface area contributed by atoms with Crippen molar-refractivity contribution in [2.75, 3.05) is 12.9 Å². The molecule has 0 aromatic rings. The lowest BCUT2D eigenvalue weighted by atomic mass is 10.0. The van der Waals surface area contributed by atoms with Crippen LogP contribution in [0.4, 0.5) is 0 Å². The predicted molar refractivity (Wildman–Crippen MR) is 64.8 cm³/mol. The molecule has 0 radical (unpaired) electrons. The molecule has 0 saturated carbocycles. The average molecular weight is 234 g/mol. The molecule has 0 aliphatic rings. The minimum atomic E-state index is -0.200. The molecule has 90 valence electrons. The third-order valence-electron chi connectivity index (χ3n) is 2.61. The van der Waals surface area contributed by atoms with E-state index in [1.807, 2.05) is 20.1 Å². The molecule has 0 spiro atoms. The molecule has 0 aliphatic carbocycles. The van der Waals surface area contributed by atoms with Gasteiger partial charge in [0.2, 0.25) is 5.91 Å². The van der Waals surface area contributed by atoms with Gasteiger partial charge in [-0.15, -0.1) is 0 Å². The second-order valence-electron chi connectivity index (χ2n) is 3.90. The van der Waals surface area contributed by atoms with E-state index in [9.17, 15) is 4.79 Å². The fourth-order valence-electron chi connectivity index (χ4n) is 1.12. The van der Waals surface area contributed by atoms with Crippen molar-refractivity contribution in [1.29, 1.82) is 0 Å². The molecule has 4 N–H and O–H groups in total. The molecule has 0 heterocycles. The van der Waals surface area contributed by atoms with Gasteiger partial charge >= 0.3 is 0 Å². The Morgan fingerprint density at radius 1 is 1.47 bits per heavy atom. The molecule has 0 fully saturated rings. The van der Waals surface area contributed by atoms with Crippen LogP contribution in [-0.2, 0) is 4.79 Å². The van der Waals surface area contributed by atoms with Crippen LogP contribution in [0.3, 0.4) is 0 Å². The van der Waals surface area contributed by atoms with E-state index in [1.54, 1.807) is 18.7 Å². The monoisotopic (exact) mass is 234 g/mol. The maximum Gasteiger partial charge on any atom is 0.224 e. The van der Waals surface area contributed by atoms with Crippen LogP contribution >= 0.6 is 11.8 Å². The van der Waals surface area contributed by atoms with E-state index in [0.717, 1.165) is 0 Å². The maximum atomic E-state index is 11.6. The normalized spacial score (nSPS) is 19.1. The molecule has 0 bridgehead atoms. The van der Waals surface area contributed by atoms with Crippen LogP contribution < -0.4 is 11.1 Å². The summed E-state index contributed by atoms with van der Waals surface area (Å²) in [6, 6.07) is -0.197. The number of carbonyl (C=O) groups excluding carboxylic acids is 1. The van der Waals surface area contributed by atoms with Gasteiger partial charge in [-0.1, -0.05) is 6.92 Å². The van der Waals surface area contributed by atoms with Crippen molar-refractivity contribution in [2.24, 2.45) is 11.7 Å². The van der Waals surface area contributed by atoms with E-state index in [-0.39, 0.29) is 35.8 Å². The van der Waals surface area contributed by atoms with E-state index >= 15 is 0 Å². The average Bonchev–Trinajstić information content (AvgIpc) is 2.18. The van der Waals surface area contributed by atoms with Crippen LogP contribution in [0.1, 0.15) is 20.8 Å². The van der Waals surface area contributed by atoms with Crippen LogP contribution in [-0.4, -0.2) is 41.2 Å². The molecular weight excluding hydrogens is 212 g/mol. The van der Waals surface area contributed by atoms with Gasteiger partial charge in [-0.25, -0.2) is 0 Å². The maximum absolute atomic E-state index is 11.6. The number of nitrogens with one attached hydrogen (secondary N) is 1. The molecular formula is C10H22N2O2S. The van der Waals surface area contributed by atoms with Gasteiger partial charge in [0, 0.05) is 23.3 Å². The zero-order chi connectivity index (χ0) is 12.0. The second kappa shape index (κ2) is 7.09. The summed E-state index contributed by atoms with van der Waals surface area (Å²) in [7, 11) is 0. The van der Waals surface area contributed by atoms with Crippen LogP contribution in [0.2, 0.25) is 0 Å². The van der Waals surface area contributed by atoms with Crippen LogP contribution in [0.25, 0.3) is 0 Å². The smallest absolute Gasteiger partial charge is 0.224 e. The minimum absolute atomic E-state index is 0.0363. The van der Waals surface area contributed by atoms with Crippen LogP contribution in [0, 0.1) is 5.92 Å². The van der Waals surface area contributed by atoms with Gasteiger partial charge in [0.05, 0.1) is 6.61 Å². The minimum Gasteiger partial charge on any atom is -0.395 e. The van der Waals surface area contributed by atoms with Gasteiger partial charge in [0.15, 0.2) is 0 Å². The molecule has 0 saturated heterocycles. The topological polar surface area (TPSA) is 75.3 Å². The fraction of sp³-hybridized carbons (Fsp3) is 0.900. The van der Waals surface area contributed by atoms with E-state index < -0.39 is 0 Å². The SMILES string of the molecule is CSC(CO)C(C)NC(=O)C(C)C(C)N. The highest BCUT2D eigenvalue weighted by atomic mass is 32.2. The summed E-state index contributed by atoms with van der Waals surface area (Å²) < 4.78 is 0. The van der Waals surface area contributed by atoms with E-state index in [1.165, 1.54) is 0 Å². The first-order valence-electron chi connectivity index (χ1n) is 5.13. The standard InChI is InChI=1S/C10H22N2O2S/c1-6(7(2)11)10(14)12-8(3)9(5-13)15-4/h6-9,13H,5,11H2,1-4H3,(H,12,14). The molecule has 0 aliphatic heterocycles.